The Labute approximate surface area is 178 Å². The minimum atomic E-state index is -4.05. The molecule has 1 N–H and O–H groups in total. The van der Waals surface area contributed by atoms with E-state index in [0.717, 1.165) is 6.07 Å². The molecule has 0 fully saturated rings. The lowest BCUT2D eigenvalue weighted by Crippen LogP contribution is -2.26. The number of benzene rings is 3. The number of nitrogens with one attached hydrogen (secondary N) is 1. The molecule has 0 saturated heterocycles. The highest BCUT2D eigenvalue weighted by molar-refractivity contribution is 7.92. The van der Waals surface area contributed by atoms with Crippen molar-refractivity contribution in [1.82, 2.24) is 4.90 Å². The van der Waals surface area contributed by atoms with Crippen molar-refractivity contribution in [1.29, 1.82) is 0 Å². The number of rotatable bonds is 7. The van der Waals surface area contributed by atoms with Crippen LogP contribution in [0.5, 0.6) is 0 Å². The van der Waals surface area contributed by atoms with E-state index in [1.807, 2.05) is 0 Å². The second-order valence-electron chi connectivity index (χ2n) is 6.73. The van der Waals surface area contributed by atoms with E-state index >= 15 is 0 Å². The molecule has 10 heteroatoms. The second kappa shape index (κ2) is 8.92. The van der Waals surface area contributed by atoms with E-state index in [-0.39, 0.29) is 28.7 Å². The molecule has 1 amide bonds. The molecule has 0 radical (unpaired) electrons. The lowest BCUT2D eigenvalue weighted by atomic mass is 10.1. The number of hydrogen-bond donors (Lipinski definition) is 1. The molecule has 0 aliphatic carbocycles. The molecule has 0 aromatic heterocycles. The molecule has 160 valence electrons. The van der Waals surface area contributed by atoms with Crippen molar-refractivity contribution in [2.24, 2.45) is 0 Å². The van der Waals surface area contributed by atoms with Crippen LogP contribution in [-0.2, 0) is 16.6 Å². The van der Waals surface area contributed by atoms with E-state index in [9.17, 15) is 27.7 Å². The highest BCUT2D eigenvalue weighted by atomic mass is 32.2. The maximum absolute atomic E-state index is 13.3. The summed E-state index contributed by atoms with van der Waals surface area (Å²) >= 11 is 0. The van der Waals surface area contributed by atoms with Gasteiger partial charge in [0.15, 0.2) is 0 Å². The summed E-state index contributed by atoms with van der Waals surface area (Å²) < 4.78 is 40.6. The number of carbonyl (C=O) groups excluding carboxylic acids is 1. The predicted molar refractivity (Wildman–Crippen MR) is 113 cm³/mol. The number of nitrogens with zero attached hydrogens (tertiary/aromatic N) is 2. The molecule has 0 unspecified atom stereocenters. The molecular weight excluding hydrogens is 425 g/mol. The normalized spacial score (nSPS) is 11.0. The van der Waals surface area contributed by atoms with Gasteiger partial charge in [0.1, 0.15) is 5.82 Å². The largest absolute Gasteiger partial charge is 0.337 e. The Morgan fingerprint density at radius 3 is 2.39 bits per heavy atom. The third kappa shape index (κ3) is 5.43. The minimum Gasteiger partial charge on any atom is -0.337 e. The first kappa shape index (κ1) is 21.9. The Balaban J connectivity index is 1.71. The first-order valence-corrected chi connectivity index (χ1v) is 10.5. The van der Waals surface area contributed by atoms with Gasteiger partial charge in [0.05, 0.1) is 9.82 Å². The van der Waals surface area contributed by atoms with E-state index in [4.69, 9.17) is 0 Å². The Morgan fingerprint density at radius 1 is 1.06 bits per heavy atom. The minimum absolute atomic E-state index is 0.191. The van der Waals surface area contributed by atoms with Gasteiger partial charge >= 0.3 is 0 Å². The van der Waals surface area contributed by atoms with Crippen molar-refractivity contribution >= 4 is 27.3 Å². The van der Waals surface area contributed by atoms with Crippen molar-refractivity contribution < 1.29 is 22.5 Å². The smallest absolute Gasteiger partial charge is 0.270 e. The van der Waals surface area contributed by atoms with Crippen LogP contribution in [0, 0.1) is 15.9 Å². The lowest BCUT2D eigenvalue weighted by molar-refractivity contribution is -0.385. The summed E-state index contributed by atoms with van der Waals surface area (Å²) in [5.41, 5.74) is 0.801. The van der Waals surface area contributed by atoms with E-state index in [1.54, 1.807) is 19.2 Å². The number of non-ortho nitro benzene ring substituents is 1. The van der Waals surface area contributed by atoms with Crippen LogP contribution >= 0.6 is 0 Å². The first-order valence-electron chi connectivity index (χ1n) is 9.03. The summed E-state index contributed by atoms with van der Waals surface area (Å²) in [5, 5.41) is 10.9. The van der Waals surface area contributed by atoms with Gasteiger partial charge in [0, 0.05) is 37.0 Å². The molecule has 8 nitrogen and oxygen atoms in total. The number of hydrogen-bond acceptors (Lipinski definition) is 5. The average Bonchev–Trinajstić information content (AvgIpc) is 2.73. The van der Waals surface area contributed by atoms with Gasteiger partial charge in [-0.05, 0) is 48.0 Å². The number of halogens is 1. The molecule has 0 heterocycles. The third-order valence-corrected chi connectivity index (χ3v) is 5.76. The molecule has 31 heavy (non-hydrogen) atoms. The number of sulfonamides is 1. The lowest BCUT2D eigenvalue weighted by Gasteiger charge is -2.17. The Bertz CT molecular complexity index is 1230. The molecule has 0 atom stereocenters. The quantitative estimate of drug-likeness (QED) is 0.441. The van der Waals surface area contributed by atoms with Crippen LogP contribution in [0.3, 0.4) is 0 Å². The summed E-state index contributed by atoms with van der Waals surface area (Å²) in [6, 6.07) is 16.3. The zero-order valence-corrected chi connectivity index (χ0v) is 17.2. The van der Waals surface area contributed by atoms with Crippen LogP contribution in [0.2, 0.25) is 0 Å². The van der Waals surface area contributed by atoms with Crippen molar-refractivity contribution in [2.75, 3.05) is 11.8 Å². The molecule has 0 aliphatic rings. The summed E-state index contributed by atoms with van der Waals surface area (Å²) in [7, 11) is -2.47. The zero-order chi connectivity index (χ0) is 22.6. The Morgan fingerprint density at radius 2 is 1.74 bits per heavy atom. The van der Waals surface area contributed by atoms with Gasteiger partial charge in [-0.1, -0.05) is 18.2 Å². The van der Waals surface area contributed by atoms with Crippen LogP contribution in [-0.4, -0.2) is 31.2 Å². The fraction of sp³-hybridized carbons (Fsp3) is 0.0952. The van der Waals surface area contributed by atoms with Gasteiger partial charge in [-0.2, -0.15) is 0 Å². The van der Waals surface area contributed by atoms with Crippen LogP contribution in [0.1, 0.15) is 15.9 Å². The summed E-state index contributed by atoms with van der Waals surface area (Å²) in [5.74, 6) is -0.712. The van der Waals surface area contributed by atoms with Gasteiger partial charge in [-0.15, -0.1) is 0 Å². The van der Waals surface area contributed by atoms with E-state index in [2.05, 4.69) is 4.72 Å². The molecule has 0 bridgehead atoms. The zero-order valence-electron chi connectivity index (χ0n) is 16.4. The van der Waals surface area contributed by atoms with Crippen molar-refractivity contribution in [3.05, 3.63) is 99.9 Å². The van der Waals surface area contributed by atoms with Crippen molar-refractivity contribution in [2.45, 2.75) is 11.4 Å². The highest BCUT2D eigenvalue weighted by Crippen LogP contribution is 2.21. The fourth-order valence-electron chi connectivity index (χ4n) is 2.86. The Hall–Kier alpha value is -3.79. The first-order chi connectivity index (χ1) is 14.7. The standard InChI is InChI=1S/C21H18FN3O5S/c1-24(14-15-4-2-5-17(22)12-15)21(26)16-8-10-18(11-9-16)23-31(29,30)20-7-3-6-19(13-20)25(27)28/h2-13,23H,14H2,1H3. The van der Waals surface area contributed by atoms with Crippen molar-refractivity contribution in [3.63, 3.8) is 0 Å². The fourth-order valence-corrected chi connectivity index (χ4v) is 3.96. The van der Waals surface area contributed by atoms with Gasteiger partial charge in [-0.25, -0.2) is 12.8 Å². The van der Waals surface area contributed by atoms with Crippen LogP contribution in [0.15, 0.2) is 77.7 Å². The molecule has 3 aromatic carbocycles. The van der Waals surface area contributed by atoms with E-state index in [0.29, 0.717) is 11.1 Å². The summed E-state index contributed by atoms with van der Waals surface area (Å²) in [6.07, 6.45) is 0. The molecular formula is C21H18FN3O5S. The second-order valence-corrected chi connectivity index (χ2v) is 8.41. The van der Waals surface area contributed by atoms with E-state index in [1.165, 1.54) is 59.5 Å². The number of carbonyl (C=O) groups is 1. The van der Waals surface area contributed by atoms with Gasteiger partial charge < -0.3 is 4.90 Å². The Kier molecular flexibility index (Phi) is 6.30. The molecule has 3 aromatic rings. The topological polar surface area (TPSA) is 110 Å². The molecule has 3 rings (SSSR count). The maximum atomic E-state index is 13.3. The third-order valence-electron chi connectivity index (χ3n) is 4.38. The summed E-state index contributed by atoms with van der Waals surface area (Å²) in [6.45, 7) is 0.206. The van der Waals surface area contributed by atoms with Crippen LogP contribution < -0.4 is 4.72 Å². The van der Waals surface area contributed by atoms with Gasteiger partial charge in [0.25, 0.3) is 21.6 Å². The van der Waals surface area contributed by atoms with Crippen molar-refractivity contribution in [3.8, 4) is 0 Å². The SMILES string of the molecule is CN(Cc1cccc(F)c1)C(=O)c1ccc(NS(=O)(=O)c2cccc([N+](=O)[O-])c2)cc1. The maximum Gasteiger partial charge on any atom is 0.270 e. The number of nitro groups is 1. The predicted octanol–water partition coefficient (Wildman–Crippen LogP) is 3.81. The number of amides is 1. The monoisotopic (exact) mass is 443 g/mol. The van der Waals surface area contributed by atoms with Gasteiger partial charge in [0.2, 0.25) is 0 Å². The van der Waals surface area contributed by atoms with Gasteiger partial charge in [-0.3, -0.25) is 19.6 Å². The number of anilines is 1. The highest BCUT2D eigenvalue weighted by Gasteiger charge is 2.18. The average molecular weight is 443 g/mol. The molecule has 0 saturated carbocycles. The van der Waals surface area contributed by atoms with E-state index < -0.39 is 20.8 Å². The molecule has 0 spiro atoms. The number of nitro benzene ring substituents is 1. The van der Waals surface area contributed by atoms with Crippen LogP contribution in [0.25, 0.3) is 0 Å². The molecule has 0 aliphatic heterocycles. The van der Waals surface area contributed by atoms with Crippen LogP contribution in [0.4, 0.5) is 15.8 Å². The summed E-state index contributed by atoms with van der Waals surface area (Å²) in [4.78, 5) is 23.9.